The first-order chi connectivity index (χ1) is 8.76. The topological polar surface area (TPSA) is 59.6 Å². The summed E-state index contributed by atoms with van der Waals surface area (Å²) in [5.74, 6) is 0.514. The van der Waals surface area contributed by atoms with Crippen LogP contribution in [0.2, 0.25) is 0 Å². The number of hydrogen-bond donors (Lipinski definition) is 2. The smallest absolute Gasteiger partial charge is 0.227 e. The van der Waals surface area contributed by atoms with E-state index in [4.69, 9.17) is 9.47 Å². The molecule has 5 heteroatoms. The van der Waals surface area contributed by atoms with Crippen molar-refractivity contribution in [2.75, 3.05) is 33.4 Å². The van der Waals surface area contributed by atoms with Gasteiger partial charge in [-0.15, -0.1) is 0 Å². The van der Waals surface area contributed by atoms with Crippen molar-refractivity contribution in [2.45, 2.75) is 31.9 Å². The minimum atomic E-state index is -0.0580. The van der Waals surface area contributed by atoms with Gasteiger partial charge in [0.05, 0.1) is 25.2 Å². The third-order valence-electron chi connectivity index (χ3n) is 4.08. The molecular weight excluding hydrogens is 232 g/mol. The van der Waals surface area contributed by atoms with Crippen LogP contribution in [0.15, 0.2) is 0 Å². The molecule has 2 aliphatic heterocycles. The molecule has 18 heavy (non-hydrogen) atoms. The van der Waals surface area contributed by atoms with Gasteiger partial charge >= 0.3 is 0 Å². The van der Waals surface area contributed by atoms with Gasteiger partial charge in [-0.2, -0.15) is 0 Å². The molecule has 0 aromatic rings. The van der Waals surface area contributed by atoms with E-state index >= 15 is 0 Å². The molecule has 2 saturated heterocycles. The molecule has 2 rings (SSSR count). The van der Waals surface area contributed by atoms with Crippen molar-refractivity contribution < 1.29 is 14.3 Å². The van der Waals surface area contributed by atoms with Gasteiger partial charge in [-0.05, 0) is 19.9 Å². The molecule has 1 amide bonds. The lowest BCUT2D eigenvalue weighted by molar-refractivity contribution is -0.125. The first-order valence-electron chi connectivity index (χ1n) is 6.90. The fourth-order valence-corrected chi connectivity index (χ4v) is 2.84. The molecule has 2 N–H and O–H groups in total. The first-order valence-corrected chi connectivity index (χ1v) is 6.90. The van der Waals surface area contributed by atoms with Crippen molar-refractivity contribution in [1.82, 2.24) is 10.6 Å². The predicted molar refractivity (Wildman–Crippen MR) is 68.3 cm³/mol. The van der Waals surface area contributed by atoms with Gasteiger partial charge in [-0.25, -0.2) is 0 Å². The molecule has 4 atom stereocenters. The number of likely N-dealkylation sites (N-methyl/N-ethyl adjacent to an activating group) is 1. The van der Waals surface area contributed by atoms with Crippen molar-refractivity contribution in [3.05, 3.63) is 0 Å². The van der Waals surface area contributed by atoms with Crippen molar-refractivity contribution in [3.63, 3.8) is 0 Å². The van der Waals surface area contributed by atoms with Gasteiger partial charge in [-0.1, -0.05) is 6.92 Å². The first kappa shape index (κ1) is 13.8. The van der Waals surface area contributed by atoms with Crippen molar-refractivity contribution in [1.29, 1.82) is 0 Å². The van der Waals surface area contributed by atoms with Crippen LogP contribution in [0.3, 0.4) is 0 Å². The van der Waals surface area contributed by atoms with Crippen molar-refractivity contribution in [3.8, 4) is 0 Å². The van der Waals surface area contributed by atoms with Gasteiger partial charge in [-0.3, -0.25) is 4.79 Å². The Balaban J connectivity index is 1.77. The van der Waals surface area contributed by atoms with Gasteiger partial charge in [0.15, 0.2) is 0 Å². The molecule has 2 fully saturated rings. The maximum Gasteiger partial charge on any atom is 0.227 e. The average molecular weight is 256 g/mol. The van der Waals surface area contributed by atoms with E-state index in [0.717, 1.165) is 26.0 Å². The minimum Gasteiger partial charge on any atom is -0.379 e. The summed E-state index contributed by atoms with van der Waals surface area (Å²) in [6, 6.07) is 0.145. The molecule has 0 aromatic heterocycles. The highest BCUT2D eigenvalue weighted by Crippen LogP contribution is 2.23. The summed E-state index contributed by atoms with van der Waals surface area (Å²) in [5.41, 5.74) is 0. The standard InChI is InChI=1S/C13H24N2O3/c1-3-12-9(4-5-18-12)6-15-13(16)10-7-17-8-11(10)14-2/h9-12,14H,3-8H2,1-2H3,(H,15,16). The van der Waals surface area contributed by atoms with E-state index in [1.165, 1.54) is 0 Å². The fraction of sp³-hybridized carbons (Fsp3) is 0.923. The molecule has 0 aromatic carbocycles. The molecule has 4 unspecified atom stereocenters. The van der Waals surface area contributed by atoms with Crippen LogP contribution in [0.4, 0.5) is 0 Å². The Hall–Kier alpha value is -0.650. The highest BCUT2D eigenvalue weighted by atomic mass is 16.5. The van der Waals surface area contributed by atoms with E-state index in [1.54, 1.807) is 0 Å². The fourth-order valence-electron chi connectivity index (χ4n) is 2.84. The lowest BCUT2D eigenvalue weighted by Crippen LogP contribution is -2.44. The summed E-state index contributed by atoms with van der Waals surface area (Å²) in [6.07, 6.45) is 2.38. The summed E-state index contributed by atoms with van der Waals surface area (Å²) < 4.78 is 11.0. The SMILES string of the molecule is CCC1OCCC1CNC(=O)C1COCC1NC. The molecule has 2 aliphatic rings. The Morgan fingerprint density at radius 3 is 2.94 bits per heavy atom. The van der Waals surface area contributed by atoms with Crippen LogP contribution >= 0.6 is 0 Å². The Labute approximate surface area is 109 Å². The maximum atomic E-state index is 12.1. The summed E-state index contributed by atoms with van der Waals surface area (Å²) >= 11 is 0. The zero-order valence-electron chi connectivity index (χ0n) is 11.3. The Kier molecular flexibility index (Phi) is 4.97. The number of ether oxygens (including phenoxy) is 2. The zero-order valence-corrected chi connectivity index (χ0v) is 11.3. The van der Waals surface area contributed by atoms with E-state index in [-0.39, 0.29) is 17.9 Å². The number of rotatable bonds is 5. The molecule has 0 saturated carbocycles. The van der Waals surface area contributed by atoms with E-state index in [1.807, 2.05) is 7.05 Å². The van der Waals surface area contributed by atoms with Crippen molar-refractivity contribution in [2.24, 2.45) is 11.8 Å². The summed E-state index contributed by atoms with van der Waals surface area (Å²) in [5, 5.41) is 6.19. The monoisotopic (exact) mass is 256 g/mol. The highest BCUT2D eigenvalue weighted by molar-refractivity contribution is 5.79. The van der Waals surface area contributed by atoms with Crippen molar-refractivity contribution >= 4 is 5.91 Å². The lowest BCUT2D eigenvalue weighted by atomic mass is 9.98. The average Bonchev–Trinajstić information content (AvgIpc) is 3.03. The molecule has 5 nitrogen and oxygen atoms in total. The van der Waals surface area contributed by atoms with Crippen LogP contribution in [0.25, 0.3) is 0 Å². The quantitative estimate of drug-likeness (QED) is 0.735. The maximum absolute atomic E-state index is 12.1. The molecule has 104 valence electrons. The third kappa shape index (κ3) is 3.02. The molecule has 0 spiro atoms. The Morgan fingerprint density at radius 2 is 2.22 bits per heavy atom. The number of carbonyl (C=O) groups excluding carboxylic acids is 1. The zero-order chi connectivity index (χ0) is 13.0. The Morgan fingerprint density at radius 1 is 1.39 bits per heavy atom. The number of hydrogen-bond acceptors (Lipinski definition) is 4. The normalized spacial score (nSPS) is 35.9. The number of carbonyl (C=O) groups is 1. The second-order valence-corrected chi connectivity index (χ2v) is 5.15. The molecule has 0 radical (unpaired) electrons. The number of nitrogens with one attached hydrogen (secondary N) is 2. The molecule has 0 aliphatic carbocycles. The molecule has 0 bridgehead atoms. The molecule has 2 heterocycles. The Bertz CT molecular complexity index is 285. The van der Waals surface area contributed by atoms with Crippen LogP contribution in [-0.2, 0) is 14.3 Å². The number of amides is 1. The third-order valence-corrected chi connectivity index (χ3v) is 4.08. The summed E-state index contributed by atoms with van der Waals surface area (Å²) in [7, 11) is 1.87. The van der Waals surface area contributed by atoms with Crippen LogP contribution in [0, 0.1) is 11.8 Å². The van der Waals surface area contributed by atoms with E-state index in [9.17, 15) is 4.79 Å². The summed E-state index contributed by atoms with van der Waals surface area (Å²) in [6.45, 7) is 4.83. The second-order valence-electron chi connectivity index (χ2n) is 5.15. The summed E-state index contributed by atoms with van der Waals surface area (Å²) in [4.78, 5) is 12.1. The lowest BCUT2D eigenvalue weighted by Gasteiger charge is -2.20. The van der Waals surface area contributed by atoms with Gasteiger partial charge in [0.2, 0.25) is 5.91 Å². The second kappa shape index (κ2) is 6.50. The van der Waals surface area contributed by atoms with Crippen LogP contribution < -0.4 is 10.6 Å². The van der Waals surface area contributed by atoms with Gasteiger partial charge in [0.25, 0.3) is 0 Å². The highest BCUT2D eigenvalue weighted by Gasteiger charge is 2.34. The van der Waals surface area contributed by atoms with Crippen LogP contribution in [0.5, 0.6) is 0 Å². The molecular formula is C13H24N2O3. The van der Waals surface area contributed by atoms with Gasteiger partial charge in [0.1, 0.15) is 0 Å². The van der Waals surface area contributed by atoms with E-state index in [0.29, 0.717) is 25.2 Å². The van der Waals surface area contributed by atoms with E-state index < -0.39 is 0 Å². The van der Waals surface area contributed by atoms with Crippen LogP contribution in [0.1, 0.15) is 19.8 Å². The van der Waals surface area contributed by atoms with Gasteiger partial charge < -0.3 is 20.1 Å². The largest absolute Gasteiger partial charge is 0.379 e. The van der Waals surface area contributed by atoms with E-state index in [2.05, 4.69) is 17.6 Å². The minimum absolute atomic E-state index is 0.0580. The predicted octanol–water partition coefficient (Wildman–Crippen LogP) is 0.152. The van der Waals surface area contributed by atoms with Gasteiger partial charge in [0, 0.05) is 25.1 Å². The van der Waals surface area contributed by atoms with Crippen LogP contribution in [-0.4, -0.2) is 51.5 Å².